The van der Waals surface area contributed by atoms with E-state index in [0.717, 1.165) is 31.5 Å². The Bertz CT molecular complexity index is 670. The van der Waals surface area contributed by atoms with Crippen molar-refractivity contribution in [2.24, 2.45) is 0 Å². The predicted molar refractivity (Wildman–Crippen MR) is 88.9 cm³/mol. The zero-order chi connectivity index (χ0) is 14.9. The standard InChI is InChI=1S/C17H19N3OS/c21-17(14-11-13(18-19-14)16-8-4-10-22-16)20-9-3-6-12-5-1-2-7-15(12)20/h1-2,4-5,7-8,10,13-14,18-19H,3,6,9,11H2. The van der Waals surface area contributed by atoms with Gasteiger partial charge < -0.3 is 4.90 Å². The van der Waals surface area contributed by atoms with Crippen LogP contribution in [0.4, 0.5) is 5.69 Å². The van der Waals surface area contributed by atoms with Crippen LogP contribution in [-0.2, 0) is 11.2 Å². The number of nitrogens with zero attached hydrogens (tertiary/aromatic N) is 1. The van der Waals surface area contributed by atoms with Crippen molar-refractivity contribution in [3.8, 4) is 0 Å². The number of hydrogen-bond acceptors (Lipinski definition) is 4. The molecule has 0 spiro atoms. The first-order chi connectivity index (χ1) is 10.8. The second kappa shape index (κ2) is 5.83. The van der Waals surface area contributed by atoms with Crippen LogP contribution in [0.15, 0.2) is 41.8 Å². The lowest BCUT2D eigenvalue weighted by molar-refractivity contribution is -0.120. The van der Waals surface area contributed by atoms with Crippen LogP contribution in [-0.4, -0.2) is 18.5 Å². The van der Waals surface area contributed by atoms with Gasteiger partial charge in [-0.1, -0.05) is 24.3 Å². The molecule has 1 aromatic heterocycles. The van der Waals surface area contributed by atoms with Crippen LogP contribution in [0.5, 0.6) is 0 Å². The summed E-state index contributed by atoms with van der Waals surface area (Å²) in [5.74, 6) is 0.179. The highest BCUT2D eigenvalue weighted by atomic mass is 32.1. The Hall–Kier alpha value is -1.69. The zero-order valence-electron chi connectivity index (χ0n) is 12.3. The molecular formula is C17H19N3OS. The van der Waals surface area contributed by atoms with E-state index in [1.54, 1.807) is 11.3 Å². The van der Waals surface area contributed by atoms with Gasteiger partial charge in [-0.15, -0.1) is 11.3 Å². The van der Waals surface area contributed by atoms with E-state index < -0.39 is 0 Å². The fourth-order valence-electron chi connectivity index (χ4n) is 3.34. The number of amides is 1. The van der Waals surface area contributed by atoms with Crippen LogP contribution in [0, 0.1) is 0 Å². The van der Waals surface area contributed by atoms with Crippen LogP contribution in [0.25, 0.3) is 0 Å². The highest BCUT2D eigenvalue weighted by Gasteiger charge is 2.35. The molecule has 1 aromatic carbocycles. The van der Waals surface area contributed by atoms with Gasteiger partial charge in [-0.2, -0.15) is 0 Å². The summed E-state index contributed by atoms with van der Waals surface area (Å²) in [6.45, 7) is 0.817. The lowest BCUT2D eigenvalue weighted by atomic mass is 10.00. The minimum absolute atomic E-state index is 0.154. The Morgan fingerprint density at radius 2 is 2.09 bits per heavy atom. The molecule has 5 heteroatoms. The number of aryl methyl sites for hydroxylation is 1. The molecular weight excluding hydrogens is 294 g/mol. The summed E-state index contributed by atoms with van der Waals surface area (Å²) in [4.78, 5) is 16.1. The lowest BCUT2D eigenvalue weighted by Crippen LogP contribution is -2.47. The van der Waals surface area contributed by atoms with Gasteiger partial charge >= 0.3 is 0 Å². The van der Waals surface area contributed by atoms with Crippen molar-refractivity contribution in [2.45, 2.75) is 31.3 Å². The van der Waals surface area contributed by atoms with E-state index in [2.05, 4.69) is 46.6 Å². The first kappa shape index (κ1) is 13.9. The molecule has 2 aliphatic rings. The fourth-order valence-corrected chi connectivity index (χ4v) is 4.14. The molecule has 1 amide bonds. The Morgan fingerprint density at radius 1 is 1.18 bits per heavy atom. The smallest absolute Gasteiger partial charge is 0.245 e. The van der Waals surface area contributed by atoms with Crippen molar-refractivity contribution < 1.29 is 4.79 Å². The van der Waals surface area contributed by atoms with Gasteiger partial charge in [0.1, 0.15) is 6.04 Å². The fraction of sp³-hybridized carbons (Fsp3) is 0.353. The summed E-state index contributed by atoms with van der Waals surface area (Å²) in [6.07, 6.45) is 2.91. The first-order valence-electron chi connectivity index (χ1n) is 7.76. The molecule has 22 heavy (non-hydrogen) atoms. The van der Waals surface area contributed by atoms with E-state index in [9.17, 15) is 4.79 Å². The van der Waals surface area contributed by atoms with Gasteiger partial charge in [0.2, 0.25) is 5.91 Å². The van der Waals surface area contributed by atoms with Crippen LogP contribution in [0.2, 0.25) is 0 Å². The average molecular weight is 313 g/mol. The van der Waals surface area contributed by atoms with Crippen molar-refractivity contribution in [3.05, 3.63) is 52.2 Å². The summed E-state index contributed by atoms with van der Waals surface area (Å²) in [6, 6.07) is 12.5. The molecule has 4 nitrogen and oxygen atoms in total. The predicted octanol–water partition coefficient (Wildman–Crippen LogP) is 2.64. The summed E-state index contributed by atoms with van der Waals surface area (Å²) in [7, 11) is 0. The maximum absolute atomic E-state index is 12.9. The van der Waals surface area contributed by atoms with E-state index in [1.807, 2.05) is 11.0 Å². The summed E-state index contributed by atoms with van der Waals surface area (Å²) in [5.41, 5.74) is 8.82. The van der Waals surface area contributed by atoms with E-state index >= 15 is 0 Å². The van der Waals surface area contributed by atoms with Gasteiger partial charge in [0.05, 0.1) is 6.04 Å². The molecule has 2 aliphatic heterocycles. The number of carbonyl (C=O) groups is 1. The molecule has 0 bridgehead atoms. The van der Waals surface area contributed by atoms with Crippen LogP contribution in [0.1, 0.15) is 29.3 Å². The van der Waals surface area contributed by atoms with Crippen LogP contribution >= 0.6 is 11.3 Å². The molecule has 114 valence electrons. The molecule has 3 heterocycles. The molecule has 0 radical (unpaired) electrons. The molecule has 0 aliphatic carbocycles. The maximum atomic E-state index is 12.9. The van der Waals surface area contributed by atoms with Crippen LogP contribution < -0.4 is 15.8 Å². The van der Waals surface area contributed by atoms with Gasteiger partial charge in [-0.25, -0.2) is 10.9 Å². The van der Waals surface area contributed by atoms with Crippen LogP contribution in [0.3, 0.4) is 0 Å². The number of benzene rings is 1. The van der Waals surface area contributed by atoms with E-state index in [0.29, 0.717) is 0 Å². The summed E-state index contributed by atoms with van der Waals surface area (Å²) >= 11 is 1.73. The van der Waals surface area contributed by atoms with Crippen molar-refractivity contribution in [1.82, 2.24) is 10.9 Å². The third kappa shape index (κ3) is 2.45. The highest BCUT2D eigenvalue weighted by Crippen LogP contribution is 2.30. The van der Waals surface area contributed by atoms with Gasteiger partial charge in [0.25, 0.3) is 0 Å². The number of thiophene rings is 1. The van der Waals surface area contributed by atoms with E-state index in [-0.39, 0.29) is 18.0 Å². The van der Waals surface area contributed by atoms with E-state index in [1.165, 1.54) is 10.4 Å². The SMILES string of the molecule is O=C(C1CC(c2cccs2)NN1)N1CCCc2ccccc21. The van der Waals surface area contributed by atoms with Crippen molar-refractivity contribution in [2.75, 3.05) is 11.4 Å². The Balaban J connectivity index is 1.51. The summed E-state index contributed by atoms with van der Waals surface area (Å²) < 4.78 is 0. The average Bonchev–Trinajstić information content (AvgIpc) is 3.24. The monoisotopic (exact) mass is 313 g/mol. The Kier molecular flexibility index (Phi) is 3.70. The van der Waals surface area contributed by atoms with Gasteiger partial charge in [-0.05, 0) is 42.3 Å². The second-order valence-corrected chi connectivity index (χ2v) is 6.85. The number of fused-ring (bicyclic) bond motifs is 1. The topological polar surface area (TPSA) is 44.4 Å². The quantitative estimate of drug-likeness (QED) is 0.896. The van der Waals surface area contributed by atoms with Gasteiger partial charge in [-0.3, -0.25) is 4.79 Å². The first-order valence-corrected chi connectivity index (χ1v) is 8.64. The number of rotatable bonds is 2. The number of para-hydroxylation sites is 1. The Morgan fingerprint density at radius 3 is 2.95 bits per heavy atom. The lowest BCUT2D eigenvalue weighted by Gasteiger charge is -2.31. The third-order valence-electron chi connectivity index (χ3n) is 4.46. The molecule has 0 saturated carbocycles. The number of nitrogens with one attached hydrogen (secondary N) is 2. The van der Waals surface area contributed by atoms with E-state index in [4.69, 9.17) is 0 Å². The normalized spacial score (nSPS) is 24.3. The molecule has 4 rings (SSSR count). The van der Waals surface area contributed by atoms with Gasteiger partial charge in [0, 0.05) is 17.1 Å². The molecule has 2 aromatic rings. The number of carbonyl (C=O) groups excluding carboxylic acids is 1. The molecule has 2 unspecified atom stereocenters. The zero-order valence-corrected chi connectivity index (χ0v) is 13.1. The molecule has 2 atom stereocenters. The van der Waals surface area contributed by atoms with Crippen molar-refractivity contribution in [1.29, 1.82) is 0 Å². The van der Waals surface area contributed by atoms with Gasteiger partial charge in [0.15, 0.2) is 0 Å². The maximum Gasteiger partial charge on any atom is 0.245 e. The number of hydrogen-bond donors (Lipinski definition) is 2. The summed E-state index contributed by atoms with van der Waals surface area (Å²) in [5, 5.41) is 2.08. The molecule has 1 fully saturated rings. The van der Waals surface area contributed by atoms with Crippen molar-refractivity contribution >= 4 is 22.9 Å². The third-order valence-corrected chi connectivity index (χ3v) is 5.45. The molecule has 2 N–H and O–H groups in total. The largest absolute Gasteiger partial charge is 0.311 e. The minimum atomic E-state index is -0.154. The number of anilines is 1. The number of hydrazine groups is 1. The second-order valence-electron chi connectivity index (χ2n) is 5.87. The van der Waals surface area contributed by atoms with Crippen molar-refractivity contribution in [3.63, 3.8) is 0 Å². The molecule has 1 saturated heterocycles. The Labute approximate surface area is 134 Å². The highest BCUT2D eigenvalue weighted by molar-refractivity contribution is 7.10. The minimum Gasteiger partial charge on any atom is -0.311 e.